The molecular weight excluding hydrogens is 272 g/mol. The van der Waals surface area contributed by atoms with Gasteiger partial charge in [0.25, 0.3) is 0 Å². The lowest BCUT2D eigenvalue weighted by atomic mass is 10.0. The molecule has 2 fully saturated rings. The van der Waals surface area contributed by atoms with Gasteiger partial charge < -0.3 is 10.2 Å². The molecule has 3 rings (SSSR count). The number of sulfone groups is 1. The van der Waals surface area contributed by atoms with Gasteiger partial charge in [0, 0.05) is 31.9 Å². The van der Waals surface area contributed by atoms with Gasteiger partial charge in [-0.2, -0.15) is 0 Å². The molecule has 1 N–H and O–H groups in total. The third kappa shape index (κ3) is 2.56. The Labute approximate surface area is 121 Å². The second-order valence-electron chi connectivity index (χ2n) is 5.90. The molecule has 0 aliphatic carbocycles. The Kier molecular flexibility index (Phi) is 3.73. The Morgan fingerprint density at radius 1 is 1.15 bits per heavy atom. The summed E-state index contributed by atoms with van der Waals surface area (Å²) in [6.45, 7) is 6.29. The van der Waals surface area contributed by atoms with Gasteiger partial charge >= 0.3 is 0 Å². The highest BCUT2D eigenvalue weighted by Crippen LogP contribution is 2.30. The Hall–Kier alpha value is -1.07. The van der Waals surface area contributed by atoms with Crippen molar-refractivity contribution in [3.8, 4) is 0 Å². The molecule has 2 atom stereocenters. The molecule has 0 saturated carbocycles. The van der Waals surface area contributed by atoms with Gasteiger partial charge in [0.2, 0.25) is 0 Å². The molecule has 0 aromatic heterocycles. The predicted molar refractivity (Wildman–Crippen MR) is 80.8 cm³/mol. The first-order valence-corrected chi connectivity index (χ1v) is 9.04. The van der Waals surface area contributed by atoms with E-state index >= 15 is 0 Å². The monoisotopic (exact) mass is 294 g/mol. The SMILES string of the molecule is CCCS(=O)(=O)c1ccc(N2CC3CNCC3C2)cc1. The normalized spacial score (nSPS) is 25.9. The summed E-state index contributed by atoms with van der Waals surface area (Å²) in [6.07, 6.45) is 0.659. The highest BCUT2D eigenvalue weighted by atomic mass is 32.2. The lowest BCUT2D eigenvalue weighted by Crippen LogP contribution is -2.25. The van der Waals surface area contributed by atoms with E-state index in [4.69, 9.17) is 0 Å². The zero-order valence-electron chi connectivity index (χ0n) is 11.9. The quantitative estimate of drug-likeness (QED) is 0.915. The van der Waals surface area contributed by atoms with Crippen molar-refractivity contribution in [1.82, 2.24) is 5.32 Å². The number of nitrogens with zero attached hydrogens (tertiary/aromatic N) is 1. The van der Waals surface area contributed by atoms with Crippen LogP contribution in [0.15, 0.2) is 29.2 Å². The molecule has 2 aliphatic rings. The van der Waals surface area contributed by atoms with Crippen molar-refractivity contribution in [2.75, 3.05) is 36.8 Å². The molecule has 2 heterocycles. The lowest BCUT2D eigenvalue weighted by molar-refractivity contribution is 0.533. The fourth-order valence-electron chi connectivity index (χ4n) is 3.32. The summed E-state index contributed by atoms with van der Waals surface area (Å²) >= 11 is 0. The molecule has 20 heavy (non-hydrogen) atoms. The Morgan fingerprint density at radius 2 is 1.75 bits per heavy atom. The van der Waals surface area contributed by atoms with Crippen LogP contribution in [0.25, 0.3) is 0 Å². The fraction of sp³-hybridized carbons (Fsp3) is 0.600. The van der Waals surface area contributed by atoms with Crippen LogP contribution in [0.2, 0.25) is 0 Å². The number of anilines is 1. The fourth-order valence-corrected chi connectivity index (χ4v) is 4.64. The van der Waals surface area contributed by atoms with Crippen LogP contribution in [0, 0.1) is 11.8 Å². The van der Waals surface area contributed by atoms with E-state index in [-0.39, 0.29) is 5.75 Å². The van der Waals surface area contributed by atoms with Crippen LogP contribution < -0.4 is 10.2 Å². The minimum absolute atomic E-state index is 0.228. The summed E-state index contributed by atoms with van der Waals surface area (Å²) in [6, 6.07) is 7.42. The van der Waals surface area contributed by atoms with Crippen LogP contribution >= 0.6 is 0 Å². The van der Waals surface area contributed by atoms with E-state index in [1.165, 1.54) is 0 Å². The highest BCUT2D eigenvalue weighted by molar-refractivity contribution is 7.91. The smallest absolute Gasteiger partial charge is 0.178 e. The number of benzene rings is 1. The van der Waals surface area contributed by atoms with Crippen LogP contribution in [0.4, 0.5) is 5.69 Å². The first kappa shape index (κ1) is 13.9. The molecule has 2 aliphatic heterocycles. The van der Waals surface area contributed by atoms with Crippen molar-refractivity contribution in [2.24, 2.45) is 11.8 Å². The van der Waals surface area contributed by atoms with Crippen molar-refractivity contribution in [1.29, 1.82) is 0 Å². The predicted octanol–water partition coefficient (Wildman–Crippen LogP) is 1.53. The van der Waals surface area contributed by atoms with E-state index in [0.29, 0.717) is 11.3 Å². The molecule has 2 saturated heterocycles. The topological polar surface area (TPSA) is 49.4 Å². The lowest BCUT2D eigenvalue weighted by Gasteiger charge is -2.20. The Bertz CT molecular complexity index is 556. The summed E-state index contributed by atoms with van der Waals surface area (Å²) in [5, 5.41) is 3.43. The maximum atomic E-state index is 12.0. The van der Waals surface area contributed by atoms with Gasteiger partial charge in [0.15, 0.2) is 9.84 Å². The number of fused-ring (bicyclic) bond motifs is 1. The first-order chi connectivity index (χ1) is 9.60. The van der Waals surface area contributed by atoms with Crippen LogP contribution in [0.5, 0.6) is 0 Å². The summed E-state index contributed by atoms with van der Waals surface area (Å²) in [5.41, 5.74) is 1.15. The van der Waals surface area contributed by atoms with E-state index < -0.39 is 9.84 Å². The molecule has 0 radical (unpaired) electrons. The average molecular weight is 294 g/mol. The van der Waals surface area contributed by atoms with E-state index in [9.17, 15) is 8.42 Å². The maximum absolute atomic E-state index is 12.0. The molecule has 0 spiro atoms. The Balaban J connectivity index is 1.74. The van der Waals surface area contributed by atoms with E-state index in [1.54, 1.807) is 12.1 Å². The first-order valence-electron chi connectivity index (χ1n) is 7.38. The van der Waals surface area contributed by atoms with Gasteiger partial charge in [-0.05, 0) is 42.5 Å². The molecule has 5 heteroatoms. The van der Waals surface area contributed by atoms with Crippen LogP contribution in [0.3, 0.4) is 0 Å². The number of hydrogen-bond donors (Lipinski definition) is 1. The van der Waals surface area contributed by atoms with Gasteiger partial charge in [-0.15, -0.1) is 0 Å². The Morgan fingerprint density at radius 3 is 2.30 bits per heavy atom. The van der Waals surface area contributed by atoms with Crippen molar-refractivity contribution >= 4 is 15.5 Å². The molecule has 4 nitrogen and oxygen atoms in total. The molecule has 1 aromatic rings. The molecular formula is C15H22N2O2S. The zero-order chi connectivity index (χ0) is 14.2. The molecule has 1 aromatic carbocycles. The average Bonchev–Trinajstić information content (AvgIpc) is 2.99. The van der Waals surface area contributed by atoms with Gasteiger partial charge in [0.1, 0.15) is 0 Å². The third-order valence-electron chi connectivity index (χ3n) is 4.42. The van der Waals surface area contributed by atoms with Gasteiger partial charge in [-0.3, -0.25) is 0 Å². The van der Waals surface area contributed by atoms with Gasteiger partial charge in [-0.1, -0.05) is 6.92 Å². The van der Waals surface area contributed by atoms with E-state index in [2.05, 4.69) is 10.2 Å². The number of nitrogens with one attached hydrogen (secondary N) is 1. The molecule has 0 bridgehead atoms. The van der Waals surface area contributed by atoms with Crippen LogP contribution in [0.1, 0.15) is 13.3 Å². The summed E-state index contributed by atoms with van der Waals surface area (Å²) in [7, 11) is -3.09. The van der Waals surface area contributed by atoms with E-state index in [0.717, 1.165) is 43.7 Å². The second kappa shape index (κ2) is 5.37. The summed E-state index contributed by atoms with van der Waals surface area (Å²) < 4.78 is 24.0. The molecule has 110 valence electrons. The maximum Gasteiger partial charge on any atom is 0.178 e. The minimum Gasteiger partial charge on any atom is -0.371 e. The summed E-state index contributed by atoms with van der Waals surface area (Å²) in [5.74, 6) is 1.73. The zero-order valence-corrected chi connectivity index (χ0v) is 12.7. The molecule has 2 unspecified atom stereocenters. The minimum atomic E-state index is -3.09. The second-order valence-corrected chi connectivity index (χ2v) is 8.01. The number of hydrogen-bond acceptors (Lipinski definition) is 4. The number of rotatable bonds is 4. The van der Waals surface area contributed by atoms with Crippen molar-refractivity contribution < 1.29 is 8.42 Å². The highest BCUT2D eigenvalue weighted by Gasteiger charge is 2.36. The van der Waals surface area contributed by atoms with Crippen LogP contribution in [-0.2, 0) is 9.84 Å². The summed E-state index contributed by atoms with van der Waals surface area (Å²) in [4.78, 5) is 2.83. The van der Waals surface area contributed by atoms with E-state index in [1.807, 2.05) is 19.1 Å². The van der Waals surface area contributed by atoms with Crippen molar-refractivity contribution in [3.63, 3.8) is 0 Å². The van der Waals surface area contributed by atoms with Crippen LogP contribution in [-0.4, -0.2) is 40.3 Å². The van der Waals surface area contributed by atoms with Crippen molar-refractivity contribution in [3.05, 3.63) is 24.3 Å². The largest absolute Gasteiger partial charge is 0.371 e. The standard InChI is InChI=1S/C15H22N2O2S/c1-2-7-20(18,19)15-5-3-14(4-6-15)17-10-12-8-16-9-13(12)11-17/h3-6,12-13,16H,2,7-11H2,1H3. The third-order valence-corrected chi connectivity index (χ3v) is 6.36. The van der Waals surface area contributed by atoms with Gasteiger partial charge in [-0.25, -0.2) is 8.42 Å². The molecule has 0 amide bonds. The van der Waals surface area contributed by atoms with Crippen molar-refractivity contribution in [2.45, 2.75) is 18.2 Å². The van der Waals surface area contributed by atoms with Gasteiger partial charge in [0.05, 0.1) is 10.6 Å².